The molecule has 4 rings (SSSR count). The fraction of sp³-hybridized carbons (Fsp3) is 0.348. The Kier molecular flexibility index (Phi) is 5.60. The average molecular weight is 391 g/mol. The summed E-state index contributed by atoms with van der Waals surface area (Å²) in [5, 5.41) is 0. The Balaban J connectivity index is 1.64. The number of aryl methyl sites for hydroxylation is 1. The van der Waals surface area contributed by atoms with Gasteiger partial charge in [0, 0.05) is 13.1 Å². The molecular weight excluding hydrogens is 366 g/mol. The predicted octanol–water partition coefficient (Wildman–Crippen LogP) is 4.51. The molecule has 2 aromatic carbocycles. The second-order valence-corrected chi connectivity index (χ2v) is 7.22. The number of piperidine rings is 1. The van der Waals surface area contributed by atoms with Crippen molar-refractivity contribution in [3.05, 3.63) is 54.1 Å². The molecule has 0 N–H and O–H groups in total. The molecule has 150 valence electrons. The summed E-state index contributed by atoms with van der Waals surface area (Å²) < 4.78 is 11.4. The average Bonchev–Trinajstić information content (AvgIpc) is 2.75. The Labute approximate surface area is 170 Å². The molecule has 1 aliphatic heterocycles. The summed E-state index contributed by atoms with van der Waals surface area (Å²) in [6.07, 6.45) is 1.47. The van der Waals surface area contributed by atoms with Crippen molar-refractivity contribution in [2.75, 3.05) is 24.6 Å². The fourth-order valence-electron chi connectivity index (χ4n) is 3.61. The lowest BCUT2D eigenvalue weighted by molar-refractivity contribution is -0.148. The van der Waals surface area contributed by atoms with E-state index < -0.39 is 0 Å². The SMILES string of the molecule is CCOC(=O)C1CCN(c2nc3ccccc3nc2Oc2ccccc2C)CC1. The van der Waals surface area contributed by atoms with Gasteiger partial charge in [0.15, 0.2) is 5.82 Å². The summed E-state index contributed by atoms with van der Waals surface area (Å²) in [4.78, 5) is 23.8. The number of nitrogens with zero attached hydrogens (tertiary/aromatic N) is 3. The van der Waals surface area contributed by atoms with Crippen LogP contribution in [0.3, 0.4) is 0 Å². The van der Waals surface area contributed by atoms with Crippen LogP contribution in [0.5, 0.6) is 11.6 Å². The molecule has 1 saturated heterocycles. The molecule has 0 amide bonds. The van der Waals surface area contributed by atoms with Crippen LogP contribution in [0.4, 0.5) is 5.82 Å². The van der Waals surface area contributed by atoms with Gasteiger partial charge in [-0.2, -0.15) is 0 Å². The Morgan fingerprint density at radius 2 is 1.69 bits per heavy atom. The Morgan fingerprint density at radius 1 is 1.03 bits per heavy atom. The first-order valence-electron chi connectivity index (χ1n) is 10.1. The number of ether oxygens (including phenoxy) is 2. The summed E-state index contributed by atoms with van der Waals surface area (Å²) in [5.41, 5.74) is 2.66. The second kappa shape index (κ2) is 8.47. The first-order chi connectivity index (χ1) is 14.2. The first kappa shape index (κ1) is 19.2. The minimum Gasteiger partial charge on any atom is -0.466 e. The van der Waals surface area contributed by atoms with E-state index >= 15 is 0 Å². The van der Waals surface area contributed by atoms with Crippen LogP contribution in [0.1, 0.15) is 25.3 Å². The number of anilines is 1. The van der Waals surface area contributed by atoms with Gasteiger partial charge in [0.1, 0.15) is 5.75 Å². The highest BCUT2D eigenvalue weighted by molar-refractivity contribution is 5.78. The number of carbonyl (C=O) groups excluding carboxylic acids is 1. The monoisotopic (exact) mass is 391 g/mol. The maximum absolute atomic E-state index is 12.1. The smallest absolute Gasteiger partial charge is 0.309 e. The minimum atomic E-state index is -0.104. The van der Waals surface area contributed by atoms with Crippen LogP contribution in [0.15, 0.2) is 48.5 Å². The van der Waals surface area contributed by atoms with Crippen molar-refractivity contribution in [1.29, 1.82) is 0 Å². The third kappa shape index (κ3) is 4.16. The maximum atomic E-state index is 12.1. The standard InChI is InChI=1S/C23H25N3O3/c1-3-28-23(27)17-12-14-26(15-13-17)21-22(29-20-11-7-4-8-16(20)2)25-19-10-6-5-9-18(19)24-21/h4-11,17H,3,12-15H2,1-2H3. The van der Waals surface area contributed by atoms with E-state index in [1.165, 1.54) is 0 Å². The Bertz CT molecular complexity index is 1010. The number of esters is 1. The molecule has 0 radical (unpaired) electrons. The van der Waals surface area contributed by atoms with Crippen molar-refractivity contribution in [3.63, 3.8) is 0 Å². The molecule has 2 heterocycles. The molecule has 0 unspecified atom stereocenters. The molecule has 6 nitrogen and oxygen atoms in total. The molecule has 1 aliphatic rings. The molecule has 0 aliphatic carbocycles. The van der Waals surface area contributed by atoms with E-state index in [1.54, 1.807) is 0 Å². The molecule has 1 aromatic heterocycles. The van der Waals surface area contributed by atoms with Gasteiger partial charge in [-0.15, -0.1) is 0 Å². The van der Waals surface area contributed by atoms with Crippen LogP contribution in [0.2, 0.25) is 0 Å². The zero-order chi connectivity index (χ0) is 20.2. The molecule has 1 fully saturated rings. The van der Waals surface area contributed by atoms with Crippen molar-refractivity contribution in [2.45, 2.75) is 26.7 Å². The number of benzene rings is 2. The number of para-hydroxylation sites is 3. The lowest BCUT2D eigenvalue weighted by atomic mass is 9.97. The van der Waals surface area contributed by atoms with E-state index in [-0.39, 0.29) is 11.9 Å². The molecule has 0 saturated carbocycles. The number of hydrogen-bond donors (Lipinski definition) is 0. The van der Waals surface area contributed by atoms with Crippen LogP contribution < -0.4 is 9.64 Å². The van der Waals surface area contributed by atoms with Gasteiger partial charge in [-0.3, -0.25) is 4.79 Å². The third-order valence-corrected chi connectivity index (χ3v) is 5.24. The van der Waals surface area contributed by atoms with Crippen LogP contribution >= 0.6 is 0 Å². The van der Waals surface area contributed by atoms with Crippen LogP contribution in [0, 0.1) is 12.8 Å². The van der Waals surface area contributed by atoms with Crippen molar-refractivity contribution in [1.82, 2.24) is 9.97 Å². The van der Waals surface area contributed by atoms with Crippen LogP contribution in [0.25, 0.3) is 11.0 Å². The van der Waals surface area contributed by atoms with Crippen molar-refractivity contribution < 1.29 is 14.3 Å². The van der Waals surface area contributed by atoms with E-state index in [1.807, 2.05) is 62.4 Å². The summed E-state index contributed by atoms with van der Waals surface area (Å²) >= 11 is 0. The largest absolute Gasteiger partial charge is 0.466 e. The van der Waals surface area contributed by atoms with Gasteiger partial charge in [0.2, 0.25) is 0 Å². The van der Waals surface area contributed by atoms with Gasteiger partial charge in [-0.1, -0.05) is 30.3 Å². The Morgan fingerprint density at radius 3 is 2.38 bits per heavy atom. The lowest BCUT2D eigenvalue weighted by Crippen LogP contribution is -2.37. The maximum Gasteiger partial charge on any atom is 0.309 e. The van der Waals surface area contributed by atoms with Crippen molar-refractivity contribution in [3.8, 4) is 11.6 Å². The van der Waals surface area contributed by atoms with Gasteiger partial charge < -0.3 is 14.4 Å². The molecular formula is C23H25N3O3. The molecule has 6 heteroatoms. The molecule has 0 bridgehead atoms. The molecule has 29 heavy (non-hydrogen) atoms. The molecule has 0 spiro atoms. The normalized spacial score (nSPS) is 14.8. The summed E-state index contributed by atoms with van der Waals surface area (Å²) in [6.45, 7) is 5.69. The first-order valence-corrected chi connectivity index (χ1v) is 10.1. The highest BCUT2D eigenvalue weighted by atomic mass is 16.5. The zero-order valence-corrected chi connectivity index (χ0v) is 16.8. The topological polar surface area (TPSA) is 64.5 Å². The predicted molar refractivity (Wildman–Crippen MR) is 112 cm³/mol. The number of hydrogen-bond acceptors (Lipinski definition) is 6. The quantitative estimate of drug-likeness (QED) is 0.596. The summed E-state index contributed by atoms with van der Waals surface area (Å²) in [5.74, 6) is 1.81. The van der Waals surface area contributed by atoms with E-state index in [0.29, 0.717) is 31.4 Å². The number of rotatable bonds is 5. The van der Waals surface area contributed by atoms with Gasteiger partial charge in [-0.25, -0.2) is 9.97 Å². The third-order valence-electron chi connectivity index (χ3n) is 5.24. The van der Waals surface area contributed by atoms with Gasteiger partial charge >= 0.3 is 5.97 Å². The zero-order valence-electron chi connectivity index (χ0n) is 16.8. The van der Waals surface area contributed by atoms with E-state index in [2.05, 4.69) is 4.90 Å². The van der Waals surface area contributed by atoms with Gasteiger partial charge in [0.05, 0.1) is 23.6 Å². The van der Waals surface area contributed by atoms with E-state index in [0.717, 1.165) is 35.2 Å². The van der Waals surface area contributed by atoms with Crippen molar-refractivity contribution in [2.24, 2.45) is 5.92 Å². The lowest BCUT2D eigenvalue weighted by Gasteiger charge is -2.32. The van der Waals surface area contributed by atoms with Gasteiger partial charge in [0.25, 0.3) is 5.88 Å². The van der Waals surface area contributed by atoms with Crippen molar-refractivity contribution >= 4 is 22.8 Å². The van der Waals surface area contributed by atoms with Crippen LogP contribution in [-0.4, -0.2) is 35.6 Å². The second-order valence-electron chi connectivity index (χ2n) is 7.22. The summed E-state index contributed by atoms with van der Waals surface area (Å²) in [7, 11) is 0. The molecule has 0 atom stereocenters. The number of carbonyl (C=O) groups is 1. The number of fused-ring (bicyclic) bond motifs is 1. The highest BCUT2D eigenvalue weighted by Gasteiger charge is 2.29. The summed E-state index contributed by atoms with van der Waals surface area (Å²) in [6, 6.07) is 15.7. The highest BCUT2D eigenvalue weighted by Crippen LogP contribution is 2.34. The van der Waals surface area contributed by atoms with E-state index in [4.69, 9.17) is 19.4 Å². The Hall–Kier alpha value is -3.15. The van der Waals surface area contributed by atoms with Gasteiger partial charge in [-0.05, 0) is 50.5 Å². The molecule has 3 aromatic rings. The number of aromatic nitrogens is 2. The van der Waals surface area contributed by atoms with Crippen LogP contribution in [-0.2, 0) is 9.53 Å². The minimum absolute atomic E-state index is 0.0552. The van der Waals surface area contributed by atoms with E-state index in [9.17, 15) is 4.79 Å². The fourth-order valence-corrected chi connectivity index (χ4v) is 3.61.